The molecule has 2 rings (SSSR count). The van der Waals surface area contributed by atoms with Crippen LogP contribution in [0, 0.1) is 11.3 Å². The summed E-state index contributed by atoms with van der Waals surface area (Å²) in [5.41, 5.74) is 0.680. The van der Waals surface area contributed by atoms with Gasteiger partial charge in [0.25, 0.3) is 5.91 Å². The van der Waals surface area contributed by atoms with Gasteiger partial charge < -0.3 is 19.5 Å². The van der Waals surface area contributed by atoms with E-state index >= 15 is 0 Å². The van der Waals surface area contributed by atoms with E-state index in [0.29, 0.717) is 22.7 Å². The summed E-state index contributed by atoms with van der Waals surface area (Å²) in [6.07, 6.45) is -1.03. The summed E-state index contributed by atoms with van der Waals surface area (Å²) in [5.74, 6) is -0.0757. The molecule has 1 atom stereocenters. The molecule has 2 aromatic carbocycles. The number of para-hydroxylation sites is 1. The van der Waals surface area contributed by atoms with Gasteiger partial charge in [0.2, 0.25) is 0 Å². The predicted octanol–water partition coefficient (Wildman–Crippen LogP) is 2.52. The van der Waals surface area contributed by atoms with Gasteiger partial charge in [0, 0.05) is 0 Å². The Morgan fingerprint density at radius 3 is 2.42 bits per heavy atom. The molecule has 1 amide bonds. The highest BCUT2D eigenvalue weighted by atomic mass is 16.6. The van der Waals surface area contributed by atoms with E-state index in [4.69, 9.17) is 19.5 Å². The van der Waals surface area contributed by atoms with E-state index in [1.54, 1.807) is 55.6 Å². The molecule has 134 valence electrons. The van der Waals surface area contributed by atoms with Crippen LogP contribution < -0.4 is 14.8 Å². The van der Waals surface area contributed by atoms with Gasteiger partial charge in [-0.2, -0.15) is 5.26 Å². The molecule has 7 heteroatoms. The number of methoxy groups -OCH3 is 1. The highest BCUT2D eigenvalue weighted by Crippen LogP contribution is 2.17. The van der Waals surface area contributed by atoms with Gasteiger partial charge in [0.1, 0.15) is 17.6 Å². The smallest absolute Gasteiger partial charge is 0.344 e. The standard InChI is InChI=1S/C19H18N2O5/c1-13(19(23)21-17-6-4-3-5-14(17)11-20)26-18(22)12-25-16-9-7-15(24-2)8-10-16/h3-10,13H,12H2,1-2H3,(H,21,23)/t13-/m0/s1. The largest absolute Gasteiger partial charge is 0.497 e. The number of ether oxygens (including phenoxy) is 3. The molecule has 0 unspecified atom stereocenters. The van der Waals surface area contributed by atoms with E-state index in [2.05, 4.69) is 5.32 Å². The first-order valence-electron chi connectivity index (χ1n) is 7.80. The van der Waals surface area contributed by atoms with Gasteiger partial charge in [-0.3, -0.25) is 4.79 Å². The van der Waals surface area contributed by atoms with Crippen LogP contribution in [0.25, 0.3) is 0 Å². The van der Waals surface area contributed by atoms with Crippen molar-refractivity contribution in [2.24, 2.45) is 0 Å². The fraction of sp³-hybridized carbons (Fsp3) is 0.211. The lowest BCUT2D eigenvalue weighted by Crippen LogP contribution is -2.31. The number of amides is 1. The SMILES string of the molecule is COc1ccc(OCC(=O)O[C@@H](C)C(=O)Nc2ccccc2C#N)cc1. The van der Waals surface area contributed by atoms with Crippen molar-refractivity contribution >= 4 is 17.6 Å². The van der Waals surface area contributed by atoms with Crippen LogP contribution >= 0.6 is 0 Å². The number of hydrogen-bond acceptors (Lipinski definition) is 6. The van der Waals surface area contributed by atoms with Gasteiger partial charge in [-0.1, -0.05) is 12.1 Å². The third kappa shape index (κ3) is 5.24. The molecule has 7 nitrogen and oxygen atoms in total. The number of hydrogen-bond donors (Lipinski definition) is 1. The summed E-state index contributed by atoms with van der Waals surface area (Å²) in [7, 11) is 1.55. The summed E-state index contributed by atoms with van der Waals surface area (Å²) in [6, 6.07) is 15.2. The average Bonchev–Trinajstić information content (AvgIpc) is 2.67. The van der Waals surface area contributed by atoms with Gasteiger partial charge in [-0.15, -0.1) is 0 Å². The van der Waals surface area contributed by atoms with Crippen molar-refractivity contribution in [1.29, 1.82) is 5.26 Å². The zero-order valence-corrected chi connectivity index (χ0v) is 14.4. The molecular formula is C19H18N2O5. The van der Waals surface area contributed by atoms with Gasteiger partial charge in [-0.05, 0) is 43.3 Å². The summed E-state index contributed by atoms with van der Waals surface area (Å²) in [4.78, 5) is 23.9. The van der Waals surface area contributed by atoms with E-state index in [1.165, 1.54) is 6.92 Å². The zero-order valence-electron chi connectivity index (χ0n) is 14.4. The molecule has 26 heavy (non-hydrogen) atoms. The maximum atomic E-state index is 12.1. The third-order valence-electron chi connectivity index (χ3n) is 3.40. The Labute approximate surface area is 151 Å². The monoisotopic (exact) mass is 354 g/mol. The molecule has 0 fully saturated rings. The molecule has 0 aliphatic heterocycles. The molecule has 0 saturated carbocycles. The number of nitrogens with one attached hydrogen (secondary N) is 1. The van der Waals surface area contributed by atoms with Crippen LogP contribution in [-0.2, 0) is 14.3 Å². The molecule has 0 spiro atoms. The number of nitrogens with zero attached hydrogens (tertiary/aromatic N) is 1. The van der Waals surface area contributed by atoms with Crippen LogP contribution in [0.4, 0.5) is 5.69 Å². The summed E-state index contributed by atoms with van der Waals surface area (Å²) in [6.45, 7) is 1.11. The van der Waals surface area contributed by atoms with Crippen molar-refractivity contribution in [2.45, 2.75) is 13.0 Å². The van der Waals surface area contributed by atoms with Crippen molar-refractivity contribution in [3.05, 3.63) is 54.1 Å². The van der Waals surface area contributed by atoms with Gasteiger partial charge >= 0.3 is 5.97 Å². The van der Waals surface area contributed by atoms with Gasteiger partial charge in [0.05, 0.1) is 18.4 Å². The third-order valence-corrected chi connectivity index (χ3v) is 3.40. The molecule has 0 heterocycles. The predicted molar refractivity (Wildman–Crippen MR) is 93.8 cm³/mol. The molecule has 0 radical (unpaired) electrons. The van der Waals surface area contributed by atoms with E-state index in [0.717, 1.165) is 0 Å². The first-order valence-corrected chi connectivity index (χ1v) is 7.80. The van der Waals surface area contributed by atoms with Crippen molar-refractivity contribution in [3.8, 4) is 17.6 Å². The Kier molecular flexibility index (Phi) is 6.57. The van der Waals surface area contributed by atoms with Gasteiger partial charge in [-0.25, -0.2) is 4.79 Å². The molecule has 1 N–H and O–H groups in total. The first-order chi connectivity index (χ1) is 12.5. The van der Waals surface area contributed by atoms with Crippen molar-refractivity contribution in [3.63, 3.8) is 0 Å². The number of benzene rings is 2. The second-order valence-corrected chi connectivity index (χ2v) is 5.24. The minimum absolute atomic E-state index is 0.321. The Bertz CT molecular complexity index is 811. The average molecular weight is 354 g/mol. The molecule has 0 saturated heterocycles. The number of nitriles is 1. The van der Waals surface area contributed by atoms with Crippen LogP contribution in [0.5, 0.6) is 11.5 Å². The minimum atomic E-state index is -1.03. The summed E-state index contributed by atoms with van der Waals surface area (Å²) < 4.78 is 15.4. The highest BCUT2D eigenvalue weighted by molar-refractivity contribution is 5.96. The number of carbonyl (C=O) groups excluding carboxylic acids is 2. The van der Waals surface area contributed by atoms with E-state index in [1.807, 2.05) is 6.07 Å². The van der Waals surface area contributed by atoms with Crippen LogP contribution in [0.15, 0.2) is 48.5 Å². The molecule has 0 bridgehead atoms. The van der Waals surface area contributed by atoms with E-state index in [9.17, 15) is 9.59 Å². The second kappa shape index (κ2) is 9.08. The fourth-order valence-corrected chi connectivity index (χ4v) is 2.02. The van der Waals surface area contributed by atoms with Crippen LogP contribution in [0.1, 0.15) is 12.5 Å². The van der Waals surface area contributed by atoms with Crippen molar-refractivity contribution in [2.75, 3.05) is 19.0 Å². The number of rotatable bonds is 7. The van der Waals surface area contributed by atoms with E-state index < -0.39 is 18.0 Å². The maximum absolute atomic E-state index is 12.1. The number of anilines is 1. The maximum Gasteiger partial charge on any atom is 0.344 e. The summed E-state index contributed by atoms with van der Waals surface area (Å²) >= 11 is 0. The Morgan fingerprint density at radius 2 is 1.77 bits per heavy atom. The van der Waals surface area contributed by atoms with Gasteiger partial charge in [0.15, 0.2) is 12.7 Å². The fourth-order valence-electron chi connectivity index (χ4n) is 2.02. The van der Waals surface area contributed by atoms with Crippen molar-refractivity contribution < 1.29 is 23.8 Å². The summed E-state index contributed by atoms with van der Waals surface area (Å²) in [5, 5.41) is 11.6. The normalized spacial score (nSPS) is 11.0. The Hall–Kier alpha value is -3.53. The lowest BCUT2D eigenvalue weighted by atomic mass is 10.2. The number of carbonyl (C=O) groups is 2. The second-order valence-electron chi connectivity index (χ2n) is 5.24. The molecule has 0 aliphatic rings. The Morgan fingerprint density at radius 1 is 1.12 bits per heavy atom. The number of esters is 1. The zero-order chi connectivity index (χ0) is 18.9. The van der Waals surface area contributed by atoms with Crippen LogP contribution in [0.3, 0.4) is 0 Å². The molecule has 2 aromatic rings. The van der Waals surface area contributed by atoms with Crippen molar-refractivity contribution in [1.82, 2.24) is 0 Å². The van der Waals surface area contributed by atoms with Crippen LogP contribution in [0.2, 0.25) is 0 Å². The Balaban J connectivity index is 1.83. The molecule has 0 aliphatic carbocycles. The van der Waals surface area contributed by atoms with Crippen LogP contribution in [-0.4, -0.2) is 31.7 Å². The quantitative estimate of drug-likeness (QED) is 0.767. The lowest BCUT2D eigenvalue weighted by molar-refractivity contribution is -0.155. The minimum Gasteiger partial charge on any atom is -0.497 e. The lowest BCUT2D eigenvalue weighted by Gasteiger charge is -2.14. The van der Waals surface area contributed by atoms with E-state index in [-0.39, 0.29) is 6.61 Å². The first kappa shape index (κ1) is 18.8. The molecular weight excluding hydrogens is 336 g/mol. The highest BCUT2D eigenvalue weighted by Gasteiger charge is 2.19. The topological polar surface area (TPSA) is 97.7 Å². The molecule has 0 aromatic heterocycles.